The molecule has 0 aromatic carbocycles. The Labute approximate surface area is 153 Å². The van der Waals surface area contributed by atoms with Crippen LogP contribution in [0, 0.1) is 0 Å². The van der Waals surface area contributed by atoms with Crippen LogP contribution in [0.4, 0.5) is 4.79 Å². The van der Waals surface area contributed by atoms with Gasteiger partial charge in [0.2, 0.25) is 0 Å². The number of fused-ring (bicyclic) bond motifs is 1. The fourth-order valence-corrected chi connectivity index (χ4v) is 4.66. The smallest absolute Gasteiger partial charge is 0.327 e. The Morgan fingerprint density at radius 1 is 1.12 bits per heavy atom. The van der Waals surface area contributed by atoms with E-state index in [1.165, 1.54) is 16.2 Å². The highest BCUT2D eigenvalue weighted by Gasteiger charge is 2.48. The number of rotatable bonds is 4. The second-order valence-corrected chi connectivity index (χ2v) is 8.02. The first-order chi connectivity index (χ1) is 12.1. The van der Waals surface area contributed by atoms with E-state index in [2.05, 4.69) is 0 Å². The minimum Gasteiger partial charge on any atom is -0.334 e. The molecule has 4 amide bonds. The number of hydrogen-bond donors (Lipinski definition) is 0. The van der Waals surface area contributed by atoms with Crippen LogP contribution in [0.5, 0.6) is 0 Å². The predicted octanol–water partition coefficient (Wildman–Crippen LogP) is 2.14. The summed E-state index contributed by atoms with van der Waals surface area (Å²) in [5.74, 6) is -0.253. The van der Waals surface area contributed by atoms with Crippen molar-refractivity contribution in [1.29, 1.82) is 0 Å². The Morgan fingerprint density at radius 2 is 1.92 bits per heavy atom. The van der Waals surface area contributed by atoms with Crippen LogP contribution in [-0.4, -0.2) is 64.8 Å². The third-order valence-corrected chi connectivity index (χ3v) is 6.38. The van der Waals surface area contributed by atoms with Crippen molar-refractivity contribution >= 4 is 40.5 Å². The number of piperazine rings is 1. The van der Waals surface area contributed by atoms with Crippen LogP contribution in [0.25, 0.3) is 0 Å². The van der Waals surface area contributed by atoms with Gasteiger partial charge in [-0.3, -0.25) is 14.5 Å². The quantitative estimate of drug-likeness (QED) is 0.770. The lowest BCUT2D eigenvalue weighted by atomic mass is 10.1. The van der Waals surface area contributed by atoms with Crippen molar-refractivity contribution in [2.75, 3.05) is 26.2 Å². The molecule has 1 atom stereocenters. The summed E-state index contributed by atoms with van der Waals surface area (Å²) in [6.07, 6.45) is 0.674. The van der Waals surface area contributed by atoms with Crippen LogP contribution in [0.3, 0.4) is 0 Å². The van der Waals surface area contributed by atoms with Crippen molar-refractivity contribution in [3.63, 3.8) is 0 Å². The highest BCUT2D eigenvalue weighted by molar-refractivity contribution is 7.12. The molecule has 0 unspecified atom stereocenters. The van der Waals surface area contributed by atoms with E-state index in [9.17, 15) is 14.4 Å². The molecule has 0 radical (unpaired) electrons. The molecule has 0 aliphatic carbocycles. The summed E-state index contributed by atoms with van der Waals surface area (Å²) in [6.45, 7) is 1.54. The molecule has 0 saturated carbocycles. The summed E-state index contributed by atoms with van der Waals surface area (Å²) in [5, 5.41) is 3.85. The topological polar surface area (TPSA) is 60.9 Å². The van der Waals surface area contributed by atoms with Crippen LogP contribution in [-0.2, 0) is 11.2 Å². The summed E-state index contributed by atoms with van der Waals surface area (Å²) >= 11 is 3.01. The molecule has 130 valence electrons. The first-order valence-corrected chi connectivity index (χ1v) is 9.88. The van der Waals surface area contributed by atoms with Gasteiger partial charge < -0.3 is 9.80 Å². The third kappa shape index (κ3) is 2.96. The number of urea groups is 1. The third-order valence-electron chi connectivity index (χ3n) is 4.59. The fourth-order valence-electron chi connectivity index (χ4n) is 3.28. The lowest BCUT2D eigenvalue weighted by Crippen LogP contribution is -2.54. The molecule has 4 heterocycles. The van der Waals surface area contributed by atoms with Gasteiger partial charge in [0.1, 0.15) is 6.04 Å². The normalized spacial score (nSPS) is 20.3. The Bertz CT molecular complexity index is 788. The van der Waals surface area contributed by atoms with Gasteiger partial charge in [-0.1, -0.05) is 12.1 Å². The van der Waals surface area contributed by atoms with Crippen molar-refractivity contribution in [3.05, 3.63) is 44.8 Å². The molecular formula is C17H17N3O3S2. The second kappa shape index (κ2) is 6.61. The first-order valence-electron chi connectivity index (χ1n) is 8.12. The number of thiophene rings is 2. The number of carbonyl (C=O) groups is 3. The Balaban J connectivity index is 1.44. The summed E-state index contributed by atoms with van der Waals surface area (Å²) < 4.78 is 0. The van der Waals surface area contributed by atoms with E-state index < -0.39 is 6.04 Å². The van der Waals surface area contributed by atoms with E-state index in [1.807, 2.05) is 29.0 Å². The van der Waals surface area contributed by atoms with Gasteiger partial charge in [0.05, 0.1) is 11.4 Å². The van der Waals surface area contributed by atoms with E-state index in [0.29, 0.717) is 30.9 Å². The Hall–Kier alpha value is -2.19. The second-order valence-electron chi connectivity index (χ2n) is 6.04. The molecule has 2 aliphatic heterocycles. The van der Waals surface area contributed by atoms with Crippen molar-refractivity contribution in [2.45, 2.75) is 12.5 Å². The van der Waals surface area contributed by atoms with Gasteiger partial charge in [0, 0.05) is 24.5 Å². The van der Waals surface area contributed by atoms with Crippen LogP contribution < -0.4 is 0 Å². The van der Waals surface area contributed by atoms with Gasteiger partial charge in [0.15, 0.2) is 0 Å². The molecule has 2 aromatic rings. The summed E-state index contributed by atoms with van der Waals surface area (Å²) in [4.78, 5) is 44.2. The Kier molecular flexibility index (Phi) is 4.30. The van der Waals surface area contributed by atoms with Gasteiger partial charge in [-0.15, -0.1) is 22.7 Å². The van der Waals surface area contributed by atoms with E-state index >= 15 is 0 Å². The maximum absolute atomic E-state index is 12.7. The van der Waals surface area contributed by atoms with Gasteiger partial charge in [-0.05, 0) is 29.3 Å². The molecule has 8 heteroatoms. The monoisotopic (exact) mass is 375 g/mol. The molecule has 2 fully saturated rings. The minimum atomic E-state index is -0.548. The highest BCUT2D eigenvalue weighted by atomic mass is 32.1. The molecule has 0 N–H and O–H groups in total. The van der Waals surface area contributed by atoms with Crippen LogP contribution >= 0.6 is 22.7 Å². The molecule has 4 rings (SSSR count). The van der Waals surface area contributed by atoms with Crippen molar-refractivity contribution in [3.8, 4) is 0 Å². The Morgan fingerprint density at radius 3 is 2.64 bits per heavy atom. The van der Waals surface area contributed by atoms with E-state index in [-0.39, 0.29) is 24.4 Å². The summed E-state index contributed by atoms with van der Waals surface area (Å²) in [7, 11) is 0. The maximum atomic E-state index is 12.7. The molecule has 0 spiro atoms. The molecular weight excluding hydrogens is 358 g/mol. The number of hydrogen-bond acceptors (Lipinski definition) is 5. The molecule has 6 nitrogen and oxygen atoms in total. The molecule has 2 aromatic heterocycles. The van der Waals surface area contributed by atoms with Crippen molar-refractivity contribution in [1.82, 2.24) is 14.7 Å². The van der Waals surface area contributed by atoms with Gasteiger partial charge >= 0.3 is 6.03 Å². The maximum Gasteiger partial charge on any atom is 0.327 e. The zero-order chi connectivity index (χ0) is 17.4. The SMILES string of the molecule is O=C(c1cccs1)N1CCN2C(=O)N(CCc3cccs3)C(=O)[C@@H]2C1. The highest BCUT2D eigenvalue weighted by Crippen LogP contribution is 2.24. The van der Waals surface area contributed by atoms with Crippen LogP contribution in [0.15, 0.2) is 35.0 Å². The van der Waals surface area contributed by atoms with Gasteiger partial charge in [0.25, 0.3) is 11.8 Å². The van der Waals surface area contributed by atoms with Crippen molar-refractivity contribution in [2.24, 2.45) is 0 Å². The van der Waals surface area contributed by atoms with E-state index in [1.54, 1.807) is 27.2 Å². The zero-order valence-electron chi connectivity index (χ0n) is 13.5. The van der Waals surface area contributed by atoms with Crippen molar-refractivity contribution < 1.29 is 14.4 Å². The predicted molar refractivity (Wildman–Crippen MR) is 95.8 cm³/mol. The number of amides is 4. The number of carbonyl (C=O) groups excluding carboxylic acids is 3. The summed E-state index contributed by atoms with van der Waals surface area (Å²) in [6, 6.07) is 6.82. The minimum absolute atomic E-state index is 0.0630. The largest absolute Gasteiger partial charge is 0.334 e. The standard InChI is InChI=1S/C17H17N3O3S2/c21-15-13-11-18(16(22)14-4-2-10-25-14)7-8-19(13)17(23)20(15)6-5-12-3-1-9-24-12/h1-4,9-10,13H,5-8,11H2/t13-/m0/s1. The molecule has 2 saturated heterocycles. The lowest BCUT2D eigenvalue weighted by Gasteiger charge is -2.35. The lowest BCUT2D eigenvalue weighted by molar-refractivity contribution is -0.129. The molecule has 0 bridgehead atoms. The van der Waals surface area contributed by atoms with Crippen LogP contribution in [0.2, 0.25) is 0 Å². The van der Waals surface area contributed by atoms with Crippen LogP contribution in [0.1, 0.15) is 14.5 Å². The fraction of sp³-hybridized carbons (Fsp3) is 0.353. The van der Waals surface area contributed by atoms with E-state index in [4.69, 9.17) is 0 Å². The first kappa shape index (κ1) is 16.3. The molecule has 25 heavy (non-hydrogen) atoms. The average molecular weight is 375 g/mol. The van der Waals surface area contributed by atoms with Gasteiger partial charge in [-0.2, -0.15) is 0 Å². The van der Waals surface area contributed by atoms with Gasteiger partial charge in [-0.25, -0.2) is 4.79 Å². The number of imide groups is 1. The van der Waals surface area contributed by atoms with E-state index in [0.717, 1.165) is 4.88 Å². The zero-order valence-corrected chi connectivity index (χ0v) is 15.1. The average Bonchev–Trinajstić information content (AvgIpc) is 3.36. The number of nitrogens with zero attached hydrogens (tertiary/aromatic N) is 3. The summed E-state index contributed by atoms with van der Waals surface area (Å²) in [5.41, 5.74) is 0. The molecule has 2 aliphatic rings.